The SMILES string of the molecule is C/C=C/CCC1(CC(=O)O)OCCc2c1[nH]c1c(F)ccc(F)c21. The van der Waals surface area contributed by atoms with Crippen LogP contribution >= 0.6 is 0 Å². The average Bonchev–Trinajstić information content (AvgIpc) is 2.93. The molecule has 2 aromatic rings. The highest BCUT2D eigenvalue weighted by Crippen LogP contribution is 2.43. The lowest BCUT2D eigenvalue weighted by atomic mass is 9.84. The summed E-state index contributed by atoms with van der Waals surface area (Å²) < 4.78 is 34.2. The number of nitrogens with one attached hydrogen (secondary N) is 1. The smallest absolute Gasteiger partial charge is 0.306 e. The third-order valence-corrected chi connectivity index (χ3v) is 4.53. The fourth-order valence-electron chi connectivity index (χ4n) is 3.51. The molecule has 0 bridgehead atoms. The maximum atomic E-state index is 14.3. The number of aliphatic carboxylic acids is 1. The Bertz CT molecular complexity index is 812. The van der Waals surface area contributed by atoms with Gasteiger partial charge in [0.25, 0.3) is 0 Å². The number of aromatic amines is 1. The van der Waals surface area contributed by atoms with Gasteiger partial charge in [-0.1, -0.05) is 12.2 Å². The summed E-state index contributed by atoms with van der Waals surface area (Å²) in [5.41, 5.74) is 0.0810. The van der Waals surface area contributed by atoms with Gasteiger partial charge in [-0.15, -0.1) is 0 Å². The van der Waals surface area contributed by atoms with Crippen LogP contribution in [0.25, 0.3) is 10.9 Å². The molecule has 6 heteroatoms. The van der Waals surface area contributed by atoms with Gasteiger partial charge < -0.3 is 14.8 Å². The van der Waals surface area contributed by atoms with Crippen LogP contribution in [0, 0.1) is 11.6 Å². The Balaban J connectivity index is 2.19. The predicted octanol–water partition coefficient (Wildman–Crippen LogP) is 4.05. The number of rotatable bonds is 5. The van der Waals surface area contributed by atoms with Crippen molar-refractivity contribution in [2.75, 3.05) is 6.61 Å². The molecule has 2 heterocycles. The number of carboxylic acids is 1. The van der Waals surface area contributed by atoms with Crippen molar-refractivity contribution >= 4 is 16.9 Å². The number of H-pyrrole nitrogens is 1. The van der Waals surface area contributed by atoms with Gasteiger partial charge in [-0.25, -0.2) is 8.78 Å². The quantitative estimate of drug-likeness (QED) is 0.811. The van der Waals surface area contributed by atoms with E-state index < -0.39 is 23.2 Å². The molecular formula is C18H19F2NO3. The maximum absolute atomic E-state index is 14.3. The van der Waals surface area contributed by atoms with Crippen molar-refractivity contribution in [3.8, 4) is 0 Å². The average molecular weight is 335 g/mol. The van der Waals surface area contributed by atoms with Gasteiger partial charge >= 0.3 is 5.97 Å². The first-order valence-electron chi connectivity index (χ1n) is 7.94. The van der Waals surface area contributed by atoms with E-state index in [0.29, 0.717) is 30.5 Å². The molecular weight excluding hydrogens is 316 g/mol. The van der Waals surface area contributed by atoms with Crippen LogP contribution in [0.15, 0.2) is 24.3 Å². The minimum absolute atomic E-state index is 0.0753. The molecule has 0 radical (unpaired) electrons. The first-order chi connectivity index (χ1) is 11.5. The van der Waals surface area contributed by atoms with E-state index in [1.165, 1.54) is 0 Å². The second-order valence-electron chi connectivity index (χ2n) is 6.03. The molecule has 1 aromatic heterocycles. The Morgan fingerprint density at radius 2 is 2.17 bits per heavy atom. The summed E-state index contributed by atoms with van der Waals surface area (Å²) >= 11 is 0. The molecule has 128 valence electrons. The van der Waals surface area contributed by atoms with Crippen LogP contribution in [0.4, 0.5) is 8.78 Å². The minimum Gasteiger partial charge on any atom is -0.481 e. The van der Waals surface area contributed by atoms with Crippen molar-refractivity contribution < 1.29 is 23.4 Å². The number of ether oxygens (including phenoxy) is 1. The fraction of sp³-hybridized carbons (Fsp3) is 0.389. The van der Waals surface area contributed by atoms with E-state index in [1.54, 1.807) is 0 Å². The van der Waals surface area contributed by atoms with Gasteiger partial charge in [0.15, 0.2) is 0 Å². The topological polar surface area (TPSA) is 62.3 Å². The molecule has 0 saturated carbocycles. The maximum Gasteiger partial charge on any atom is 0.306 e. The molecule has 4 nitrogen and oxygen atoms in total. The van der Waals surface area contributed by atoms with Crippen LogP contribution in [0.2, 0.25) is 0 Å². The zero-order valence-electron chi connectivity index (χ0n) is 13.4. The number of halogens is 2. The first kappa shape index (κ1) is 16.6. The van der Waals surface area contributed by atoms with E-state index in [1.807, 2.05) is 19.1 Å². The Kier molecular flexibility index (Phi) is 4.41. The van der Waals surface area contributed by atoms with Crippen molar-refractivity contribution in [1.82, 2.24) is 4.98 Å². The highest BCUT2D eigenvalue weighted by atomic mass is 19.1. The second kappa shape index (κ2) is 6.36. The Morgan fingerprint density at radius 3 is 2.88 bits per heavy atom. The van der Waals surface area contributed by atoms with E-state index >= 15 is 0 Å². The molecule has 1 aliphatic heterocycles. The predicted molar refractivity (Wildman–Crippen MR) is 85.8 cm³/mol. The zero-order chi connectivity index (χ0) is 17.3. The number of fused-ring (bicyclic) bond motifs is 3. The summed E-state index contributed by atoms with van der Waals surface area (Å²) in [6.45, 7) is 2.16. The van der Waals surface area contributed by atoms with E-state index in [2.05, 4.69) is 4.98 Å². The standard InChI is InChI=1S/C18H19F2NO3/c1-2-3-4-8-18(10-14(22)23)17-11(7-9-24-18)15-12(19)5-6-13(20)16(15)21-17/h2-3,5-6,21H,4,7-10H2,1H3,(H,22,23)/b3-2+. The van der Waals surface area contributed by atoms with E-state index in [-0.39, 0.29) is 23.9 Å². The van der Waals surface area contributed by atoms with Crippen LogP contribution in [0.5, 0.6) is 0 Å². The van der Waals surface area contributed by atoms with Crippen molar-refractivity contribution in [1.29, 1.82) is 0 Å². The number of carbonyl (C=O) groups is 1. The summed E-state index contributed by atoms with van der Waals surface area (Å²) in [5, 5.41) is 9.54. The van der Waals surface area contributed by atoms with Crippen LogP contribution in [-0.4, -0.2) is 22.7 Å². The largest absolute Gasteiger partial charge is 0.481 e. The molecule has 24 heavy (non-hydrogen) atoms. The molecule has 0 spiro atoms. The molecule has 1 aromatic carbocycles. The van der Waals surface area contributed by atoms with Gasteiger partial charge in [-0.05, 0) is 43.9 Å². The highest BCUT2D eigenvalue weighted by molar-refractivity contribution is 5.87. The normalized spacial score (nSPS) is 20.6. The molecule has 0 amide bonds. The summed E-state index contributed by atoms with van der Waals surface area (Å²) in [5.74, 6) is -2.08. The molecule has 3 rings (SSSR count). The number of allylic oxidation sites excluding steroid dienone is 2. The Labute approximate surface area is 138 Å². The molecule has 2 N–H and O–H groups in total. The van der Waals surface area contributed by atoms with Gasteiger partial charge in [-0.2, -0.15) is 0 Å². The summed E-state index contributed by atoms with van der Waals surface area (Å²) in [6, 6.07) is 2.17. The molecule has 0 aliphatic carbocycles. The third-order valence-electron chi connectivity index (χ3n) is 4.53. The molecule has 0 saturated heterocycles. The molecule has 0 fully saturated rings. The van der Waals surface area contributed by atoms with Gasteiger partial charge in [0, 0.05) is 5.39 Å². The van der Waals surface area contributed by atoms with E-state index in [0.717, 1.165) is 12.1 Å². The molecule has 1 aliphatic rings. The van der Waals surface area contributed by atoms with Crippen molar-refractivity contribution in [2.24, 2.45) is 0 Å². The number of hydrogen-bond donors (Lipinski definition) is 2. The second-order valence-corrected chi connectivity index (χ2v) is 6.03. The highest BCUT2D eigenvalue weighted by Gasteiger charge is 2.42. The van der Waals surface area contributed by atoms with Gasteiger partial charge in [-0.3, -0.25) is 4.79 Å². The minimum atomic E-state index is -1.10. The van der Waals surface area contributed by atoms with E-state index in [9.17, 15) is 18.7 Å². The number of carboxylic acid groups (broad SMARTS) is 1. The van der Waals surface area contributed by atoms with Crippen LogP contribution in [0.3, 0.4) is 0 Å². The van der Waals surface area contributed by atoms with Gasteiger partial charge in [0.2, 0.25) is 0 Å². The number of hydrogen-bond acceptors (Lipinski definition) is 2. The third kappa shape index (κ3) is 2.71. The van der Waals surface area contributed by atoms with E-state index in [4.69, 9.17) is 4.74 Å². The van der Waals surface area contributed by atoms with Gasteiger partial charge in [0.1, 0.15) is 17.2 Å². The lowest BCUT2D eigenvalue weighted by Gasteiger charge is -2.36. The fourth-order valence-corrected chi connectivity index (χ4v) is 3.51. The Morgan fingerprint density at radius 1 is 1.42 bits per heavy atom. The number of benzene rings is 1. The summed E-state index contributed by atoms with van der Waals surface area (Å²) in [6.07, 6.45) is 5.00. The lowest BCUT2D eigenvalue weighted by molar-refractivity contribution is -0.149. The summed E-state index contributed by atoms with van der Waals surface area (Å²) in [7, 11) is 0. The van der Waals surface area contributed by atoms with Crippen LogP contribution < -0.4 is 0 Å². The summed E-state index contributed by atoms with van der Waals surface area (Å²) in [4.78, 5) is 14.3. The number of aromatic nitrogens is 1. The van der Waals surface area contributed by atoms with Crippen molar-refractivity contribution in [3.63, 3.8) is 0 Å². The van der Waals surface area contributed by atoms with Crippen molar-refractivity contribution in [2.45, 2.75) is 38.2 Å². The first-order valence-corrected chi connectivity index (χ1v) is 7.94. The molecule has 1 atom stereocenters. The van der Waals surface area contributed by atoms with Gasteiger partial charge in [0.05, 0.1) is 24.2 Å². The van der Waals surface area contributed by atoms with Crippen LogP contribution in [-0.2, 0) is 21.6 Å². The van der Waals surface area contributed by atoms with Crippen molar-refractivity contribution in [3.05, 3.63) is 47.2 Å². The van der Waals surface area contributed by atoms with Crippen LogP contribution in [0.1, 0.15) is 37.4 Å². The molecule has 1 unspecified atom stereocenters. The lowest BCUT2D eigenvalue weighted by Crippen LogP contribution is -2.38. The zero-order valence-corrected chi connectivity index (χ0v) is 13.4. The Hall–Kier alpha value is -2.21. The monoisotopic (exact) mass is 335 g/mol.